The smallest absolute Gasteiger partial charge is 0.141 e. The molecule has 4 aliphatic rings. The lowest BCUT2D eigenvalue weighted by atomic mass is 9.44. The Balaban J connectivity index is 1.71. The third-order valence-electron chi connectivity index (χ3n) is 8.38. The van der Waals surface area contributed by atoms with Crippen LogP contribution in [-0.2, 0) is 9.59 Å². The molecular weight excluding hydrogens is 276 g/mol. The first-order valence-corrected chi connectivity index (χ1v) is 9.09. The van der Waals surface area contributed by atoms with Crippen LogP contribution in [0.5, 0.6) is 0 Å². The SMILES string of the molecule is C[C@]12CCC(=O)C[C@H]1CC[C@@H]1[C@@H]2CC[C@]2(C)C(=O)CC[C@@]12O. The van der Waals surface area contributed by atoms with E-state index >= 15 is 0 Å². The van der Waals surface area contributed by atoms with Crippen molar-refractivity contribution in [3.8, 4) is 0 Å². The van der Waals surface area contributed by atoms with Crippen LogP contribution in [-0.4, -0.2) is 22.3 Å². The second kappa shape index (κ2) is 4.43. The van der Waals surface area contributed by atoms with Crippen LogP contribution >= 0.6 is 0 Å². The molecule has 4 rings (SSSR count). The summed E-state index contributed by atoms with van der Waals surface area (Å²) in [6.45, 7) is 4.38. The van der Waals surface area contributed by atoms with Gasteiger partial charge >= 0.3 is 0 Å². The van der Waals surface area contributed by atoms with Crippen LogP contribution in [0.4, 0.5) is 0 Å². The zero-order valence-corrected chi connectivity index (χ0v) is 13.9. The van der Waals surface area contributed by atoms with Crippen molar-refractivity contribution in [3.05, 3.63) is 0 Å². The predicted octanol–water partition coefficient (Wildman–Crippen LogP) is 3.28. The molecule has 1 N–H and O–H groups in total. The Morgan fingerprint density at radius 2 is 1.73 bits per heavy atom. The zero-order chi connectivity index (χ0) is 15.8. The topological polar surface area (TPSA) is 54.4 Å². The van der Waals surface area contributed by atoms with Gasteiger partial charge < -0.3 is 5.11 Å². The van der Waals surface area contributed by atoms with Crippen LogP contribution in [0.15, 0.2) is 0 Å². The van der Waals surface area contributed by atoms with Gasteiger partial charge in [0.25, 0.3) is 0 Å². The van der Waals surface area contributed by atoms with Gasteiger partial charge in [-0.3, -0.25) is 9.59 Å². The highest BCUT2D eigenvalue weighted by atomic mass is 16.3. The molecule has 3 heteroatoms. The monoisotopic (exact) mass is 304 g/mol. The average molecular weight is 304 g/mol. The molecule has 0 saturated heterocycles. The molecule has 6 atom stereocenters. The highest BCUT2D eigenvalue weighted by Gasteiger charge is 2.67. The number of fused-ring (bicyclic) bond motifs is 5. The van der Waals surface area contributed by atoms with E-state index in [-0.39, 0.29) is 17.1 Å². The fourth-order valence-corrected chi connectivity index (χ4v) is 6.78. The molecule has 0 aromatic carbocycles. The van der Waals surface area contributed by atoms with Crippen molar-refractivity contribution in [1.29, 1.82) is 0 Å². The van der Waals surface area contributed by atoms with Crippen LogP contribution < -0.4 is 0 Å². The van der Waals surface area contributed by atoms with Crippen molar-refractivity contribution in [3.63, 3.8) is 0 Å². The van der Waals surface area contributed by atoms with E-state index < -0.39 is 11.0 Å². The molecule has 4 fully saturated rings. The van der Waals surface area contributed by atoms with Crippen LogP contribution in [0.2, 0.25) is 0 Å². The molecule has 0 aromatic rings. The Hall–Kier alpha value is -0.700. The molecule has 4 aliphatic carbocycles. The quantitative estimate of drug-likeness (QED) is 0.747. The Morgan fingerprint density at radius 3 is 2.50 bits per heavy atom. The summed E-state index contributed by atoms with van der Waals surface area (Å²) in [5.41, 5.74) is -1.11. The number of carbonyl (C=O) groups excluding carboxylic acids is 2. The van der Waals surface area contributed by atoms with E-state index in [0.29, 0.717) is 36.9 Å². The molecule has 0 aromatic heterocycles. The van der Waals surface area contributed by atoms with E-state index in [2.05, 4.69) is 6.92 Å². The molecular formula is C19H28O3. The first-order chi connectivity index (χ1) is 10.3. The molecule has 4 saturated carbocycles. The number of carbonyl (C=O) groups is 2. The number of rotatable bonds is 0. The van der Waals surface area contributed by atoms with Crippen LogP contribution in [0.3, 0.4) is 0 Å². The summed E-state index contributed by atoms with van der Waals surface area (Å²) >= 11 is 0. The molecule has 122 valence electrons. The second-order valence-corrected chi connectivity index (χ2v) is 8.95. The Bertz CT molecular complexity index is 541. The minimum absolute atomic E-state index is 0.194. The van der Waals surface area contributed by atoms with Gasteiger partial charge in [0.15, 0.2) is 0 Å². The molecule has 0 unspecified atom stereocenters. The summed E-state index contributed by atoms with van der Waals surface area (Å²) < 4.78 is 0. The second-order valence-electron chi connectivity index (χ2n) is 8.95. The molecule has 3 nitrogen and oxygen atoms in total. The van der Waals surface area contributed by atoms with Crippen molar-refractivity contribution in [2.45, 2.75) is 77.2 Å². The lowest BCUT2D eigenvalue weighted by Crippen LogP contribution is -2.62. The van der Waals surface area contributed by atoms with E-state index in [4.69, 9.17) is 0 Å². The molecule has 0 radical (unpaired) electrons. The summed E-state index contributed by atoms with van der Waals surface area (Å²) in [5.74, 6) is 1.95. The molecule has 22 heavy (non-hydrogen) atoms. The van der Waals surface area contributed by atoms with Crippen molar-refractivity contribution in [1.82, 2.24) is 0 Å². The van der Waals surface area contributed by atoms with Gasteiger partial charge in [-0.1, -0.05) is 6.92 Å². The minimum Gasteiger partial charge on any atom is -0.389 e. The normalized spacial score (nSPS) is 54.6. The van der Waals surface area contributed by atoms with Gasteiger partial charge in [0.05, 0.1) is 11.0 Å². The van der Waals surface area contributed by atoms with E-state index in [1.807, 2.05) is 6.92 Å². The highest BCUT2D eigenvalue weighted by Crippen LogP contribution is 2.66. The summed E-state index contributed by atoms with van der Waals surface area (Å²) in [5, 5.41) is 11.5. The fraction of sp³-hybridized carbons (Fsp3) is 0.895. The number of aliphatic hydroxyl groups is 1. The van der Waals surface area contributed by atoms with E-state index in [9.17, 15) is 14.7 Å². The van der Waals surface area contributed by atoms with Crippen LogP contribution in [0, 0.1) is 28.6 Å². The summed E-state index contributed by atoms with van der Waals surface area (Å²) in [4.78, 5) is 24.3. The van der Waals surface area contributed by atoms with Crippen molar-refractivity contribution in [2.24, 2.45) is 28.6 Å². The standard InChI is InChI=1S/C19H28O3/c1-17-8-5-13(20)11-12(17)3-4-15-14(17)6-9-18(2)16(21)7-10-19(15,18)22/h12,14-15,22H,3-11H2,1-2H3/t12-,14+,15-,17+,18-,19-/m1/s1. The maximum Gasteiger partial charge on any atom is 0.141 e. The highest BCUT2D eigenvalue weighted by molar-refractivity contribution is 5.88. The Morgan fingerprint density at radius 1 is 0.955 bits per heavy atom. The summed E-state index contributed by atoms with van der Waals surface area (Å²) in [6, 6.07) is 0. The van der Waals surface area contributed by atoms with Gasteiger partial charge in [0.1, 0.15) is 11.6 Å². The Kier molecular flexibility index (Phi) is 3.00. The van der Waals surface area contributed by atoms with Gasteiger partial charge in [-0.2, -0.15) is 0 Å². The van der Waals surface area contributed by atoms with E-state index in [1.54, 1.807) is 0 Å². The third kappa shape index (κ3) is 1.61. The number of Topliss-reactive ketones (excluding diaryl/α,β-unsaturated/α-hetero) is 2. The molecule has 0 bridgehead atoms. The minimum atomic E-state index is -0.789. The summed E-state index contributed by atoms with van der Waals surface area (Å²) in [7, 11) is 0. The largest absolute Gasteiger partial charge is 0.389 e. The van der Waals surface area contributed by atoms with E-state index in [0.717, 1.165) is 38.5 Å². The van der Waals surface area contributed by atoms with Gasteiger partial charge in [0.2, 0.25) is 0 Å². The molecule has 0 spiro atoms. The van der Waals surface area contributed by atoms with Gasteiger partial charge in [-0.05, 0) is 68.6 Å². The van der Waals surface area contributed by atoms with Crippen molar-refractivity contribution >= 4 is 11.6 Å². The first kappa shape index (κ1) is 14.9. The lowest BCUT2D eigenvalue weighted by molar-refractivity contribution is -0.197. The molecule has 0 aliphatic heterocycles. The molecule has 0 amide bonds. The first-order valence-electron chi connectivity index (χ1n) is 9.09. The maximum atomic E-state index is 12.4. The number of hydrogen-bond donors (Lipinski definition) is 1. The predicted molar refractivity (Wildman–Crippen MR) is 83.2 cm³/mol. The number of hydrogen-bond acceptors (Lipinski definition) is 3. The van der Waals surface area contributed by atoms with E-state index in [1.165, 1.54) is 0 Å². The van der Waals surface area contributed by atoms with Crippen LogP contribution in [0.1, 0.15) is 71.6 Å². The van der Waals surface area contributed by atoms with Gasteiger partial charge in [-0.15, -0.1) is 0 Å². The van der Waals surface area contributed by atoms with Gasteiger partial charge in [0, 0.05) is 19.3 Å². The number of ketones is 2. The van der Waals surface area contributed by atoms with Crippen LogP contribution in [0.25, 0.3) is 0 Å². The lowest BCUT2D eigenvalue weighted by Gasteiger charge is -2.61. The fourth-order valence-electron chi connectivity index (χ4n) is 6.78. The van der Waals surface area contributed by atoms with Gasteiger partial charge in [-0.25, -0.2) is 0 Å². The Labute approximate surface area is 132 Å². The third-order valence-corrected chi connectivity index (χ3v) is 8.38. The van der Waals surface area contributed by atoms with Crippen molar-refractivity contribution < 1.29 is 14.7 Å². The zero-order valence-electron chi connectivity index (χ0n) is 13.9. The molecule has 0 heterocycles. The average Bonchev–Trinajstić information content (AvgIpc) is 2.72. The van der Waals surface area contributed by atoms with Crippen molar-refractivity contribution in [2.75, 3.05) is 0 Å². The maximum absolute atomic E-state index is 12.4. The summed E-state index contributed by atoms with van der Waals surface area (Å²) in [6.07, 6.45) is 7.58.